The zero-order chi connectivity index (χ0) is 14.4. The van der Waals surface area contributed by atoms with Crippen molar-refractivity contribution in [1.82, 2.24) is 4.90 Å². The van der Waals surface area contributed by atoms with Crippen molar-refractivity contribution in [2.24, 2.45) is 23.7 Å². The second kappa shape index (κ2) is 5.03. The number of fused-ring (bicyclic) bond motifs is 3. The van der Waals surface area contributed by atoms with Crippen molar-refractivity contribution in [1.29, 1.82) is 0 Å². The van der Waals surface area contributed by atoms with Crippen LogP contribution in [0.25, 0.3) is 0 Å². The minimum atomic E-state index is 0.0000954. The van der Waals surface area contributed by atoms with E-state index in [-0.39, 0.29) is 18.0 Å². The number of hydrogen-bond donors (Lipinski definition) is 0. The Bertz CT molecular complexity index is 466. The van der Waals surface area contributed by atoms with E-state index < -0.39 is 0 Å². The van der Waals surface area contributed by atoms with Gasteiger partial charge in [0.25, 0.3) is 0 Å². The average Bonchev–Trinajstić information content (AvgIpc) is 2.84. The zero-order valence-corrected chi connectivity index (χ0v) is 12.8. The molecule has 5 atom stereocenters. The number of rotatable bonds is 2. The molecule has 2 aliphatic carbocycles. The molecule has 0 bridgehead atoms. The number of carbonyl (C=O) groups excluding carboxylic acids is 1. The third kappa shape index (κ3) is 2.12. The molecule has 110 valence electrons. The Morgan fingerprint density at radius 1 is 1.45 bits per heavy atom. The molecule has 3 heteroatoms. The lowest BCUT2D eigenvalue weighted by atomic mass is 9.78. The summed E-state index contributed by atoms with van der Waals surface area (Å²) < 4.78 is 5.83. The second-order valence-electron chi connectivity index (χ2n) is 6.95. The number of allylic oxidation sites excluding steroid dienone is 2. The molecule has 1 saturated carbocycles. The van der Waals surface area contributed by atoms with Crippen molar-refractivity contribution in [3.05, 3.63) is 23.8 Å². The van der Waals surface area contributed by atoms with Gasteiger partial charge in [-0.2, -0.15) is 0 Å². The zero-order valence-electron chi connectivity index (χ0n) is 12.8. The smallest absolute Gasteiger partial charge is 0.310 e. The third-order valence-corrected chi connectivity index (χ3v) is 5.39. The summed E-state index contributed by atoms with van der Waals surface area (Å²) in [6, 6.07) is 0. The van der Waals surface area contributed by atoms with Gasteiger partial charge in [0.15, 0.2) is 0 Å². The molecule has 1 heterocycles. The minimum absolute atomic E-state index is 0.0000954. The maximum absolute atomic E-state index is 12.3. The highest BCUT2D eigenvalue weighted by Crippen LogP contribution is 2.50. The molecule has 20 heavy (non-hydrogen) atoms. The van der Waals surface area contributed by atoms with Crippen molar-refractivity contribution in [2.75, 3.05) is 20.6 Å². The lowest BCUT2D eigenvalue weighted by Crippen LogP contribution is -2.33. The van der Waals surface area contributed by atoms with Crippen LogP contribution in [0, 0.1) is 23.7 Å². The molecule has 1 aliphatic heterocycles. The van der Waals surface area contributed by atoms with Gasteiger partial charge in [-0.15, -0.1) is 0 Å². The van der Waals surface area contributed by atoms with Gasteiger partial charge in [-0.3, -0.25) is 4.79 Å². The lowest BCUT2D eigenvalue weighted by Gasteiger charge is -2.28. The lowest BCUT2D eigenvalue weighted by molar-refractivity contribution is -0.146. The van der Waals surface area contributed by atoms with Gasteiger partial charge in [0.2, 0.25) is 0 Å². The van der Waals surface area contributed by atoms with Crippen molar-refractivity contribution < 1.29 is 9.53 Å². The van der Waals surface area contributed by atoms with Crippen LogP contribution in [0.2, 0.25) is 0 Å². The fourth-order valence-corrected chi connectivity index (χ4v) is 4.37. The molecule has 3 aliphatic rings. The predicted molar refractivity (Wildman–Crippen MR) is 79.1 cm³/mol. The van der Waals surface area contributed by atoms with Crippen LogP contribution >= 0.6 is 0 Å². The van der Waals surface area contributed by atoms with Crippen LogP contribution < -0.4 is 0 Å². The first kappa shape index (κ1) is 13.9. The highest BCUT2D eigenvalue weighted by atomic mass is 16.6. The number of nitrogens with zero attached hydrogens (tertiary/aromatic N) is 1. The minimum Gasteiger partial charge on any atom is -0.461 e. The summed E-state index contributed by atoms with van der Waals surface area (Å²) in [7, 11) is 4.05. The Labute approximate surface area is 121 Å². The van der Waals surface area contributed by atoms with Crippen LogP contribution in [0.15, 0.2) is 23.8 Å². The molecule has 0 radical (unpaired) electrons. The first-order chi connectivity index (χ1) is 9.49. The van der Waals surface area contributed by atoms with Crippen molar-refractivity contribution in [3.63, 3.8) is 0 Å². The van der Waals surface area contributed by atoms with E-state index in [9.17, 15) is 4.79 Å². The van der Waals surface area contributed by atoms with Crippen LogP contribution in [0.4, 0.5) is 0 Å². The molecule has 3 nitrogen and oxygen atoms in total. The van der Waals surface area contributed by atoms with E-state index in [1.165, 1.54) is 17.6 Å². The summed E-state index contributed by atoms with van der Waals surface area (Å²) >= 11 is 0. The van der Waals surface area contributed by atoms with Crippen LogP contribution in [-0.4, -0.2) is 37.6 Å². The Balaban J connectivity index is 1.92. The van der Waals surface area contributed by atoms with Crippen molar-refractivity contribution in [2.45, 2.75) is 32.3 Å². The van der Waals surface area contributed by atoms with Crippen molar-refractivity contribution in [3.8, 4) is 0 Å². The highest BCUT2D eigenvalue weighted by Gasteiger charge is 2.52. The molecule has 0 aromatic carbocycles. The van der Waals surface area contributed by atoms with Gasteiger partial charge < -0.3 is 9.64 Å². The fourth-order valence-electron chi connectivity index (χ4n) is 4.37. The monoisotopic (exact) mass is 275 g/mol. The maximum Gasteiger partial charge on any atom is 0.310 e. The van der Waals surface area contributed by atoms with Gasteiger partial charge >= 0.3 is 5.97 Å². The molecule has 0 spiro atoms. The standard InChI is InChI=1S/C17H25NO2/c1-10-5-8-13-14(9-18(3)4)17(19)20-16(13)15-11(2)6-7-12(10)15/h5,12-16H,2,6-9H2,1,3-4H3. The summed E-state index contributed by atoms with van der Waals surface area (Å²) in [4.78, 5) is 14.4. The molecule has 0 aromatic rings. The van der Waals surface area contributed by atoms with E-state index in [1.807, 2.05) is 14.1 Å². The number of esters is 1. The molecule has 0 amide bonds. The van der Waals surface area contributed by atoms with Gasteiger partial charge in [0.05, 0.1) is 5.92 Å². The van der Waals surface area contributed by atoms with Gasteiger partial charge in [0, 0.05) is 18.4 Å². The summed E-state index contributed by atoms with van der Waals surface area (Å²) in [5.41, 5.74) is 2.76. The molecular formula is C17H25NO2. The number of carbonyl (C=O) groups is 1. The van der Waals surface area contributed by atoms with E-state index in [2.05, 4.69) is 24.5 Å². The predicted octanol–water partition coefficient (Wildman–Crippen LogP) is 2.64. The Hall–Kier alpha value is -1.09. The SMILES string of the molecule is C=C1CCC2C(C)=CCC3C(CN(C)C)C(=O)OC3C12. The van der Waals surface area contributed by atoms with Crippen LogP contribution in [-0.2, 0) is 9.53 Å². The largest absolute Gasteiger partial charge is 0.461 e. The molecule has 5 unspecified atom stereocenters. The molecule has 0 N–H and O–H groups in total. The first-order valence-corrected chi connectivity index (χ1v) is 7.68. The fraction of sp³-hybridized carbons (Fsp3) is 0.706. The van der Waals surface area contributed by atoms with Gasteiger partial charge in [-0.1, -0.05) is 23.8 Å². The van der Waals surface area contributed by atoms with Crippen LogP contribution in [0.5, 0.6) is 0 Å². The van der Waals surface area contributed by atoms with Gasteiger partial charge in [0.1, 0.15) is 6.10 Å². The van der Waals surface area contributed by atoms with Crippen LogP contribution in [0.3, 0.4) is 0 Å². The molecule has 0 aromatic heterocycles. The Kier molecular flexibility index (Phi) is 3.49. The number of hydrogen-bond acceptors (Lipinski definition) is 3. The summed E-state index contributed by atoms with van der Waals surface area (Å²) in [5, 5.41) is 0. The van der Waals surface area contributed by atoms with Crippen molar-refractivity contribution >= 4 is 5.97 Å². The quantitative estimate of drug-likeness (QED) is 0.573. The summed E-state index contributed by atoms with van der Waals surface area (Å²) in [5.74, 6) is 1.24. The van der Waals surface area contributed by atoms with E-state index >= 15 is 0 Å². The van der Waals surface area contributed by atoms with E-state index in [1.54, 1.807) is 0 Å². The van der Waals surface area contributed by atoms with E-state index in [0.717, 1.165) is 19.4 Å². The van der Waals surface area contributed by atoms with Crippen LogP contribution in [0.1, 0.15) is 26.2 Å². The first-order valence-electron chi connectivity index (χ1n) is 7.68. The topological polar surface area (TPSA) is 29.5 Å². The summed E-state index contributed by atoms with van der Waals surface area (Å²) in [6.07, 6.45) is 5.64. The van der Waals surface area contributed by atoms with Gasteiger partial charge in [-0.05, 0) is 46.2 Å². The number of ether oxygens (including phenoxy) is 1. The molecule has 1 saturated heterocycles. The normalized spacial score (nSPS) is 40.2. The third-order valence-electron chi connectivity index (χ3n) is 5.39. The van der Waals surface area contributed by atoms with Gasteiger partial charge in [-0.25, -0.2) is 0 Å². The van der Waals surface area contributed by atoms with E-state index in [4.69, 9.17) is 4.74 Å². The highest BCUT2D eigenvalue weighted by molar-refractivity contribution is 5.76. The molecule has 3 rings (SSSR count). The van der Waals surface area contributed by atoms with E-state index in [0.29, 0.717) is 17.8 Å². The maximum atomic E-state index is 12.3. The summed E-state index contributed by atoms with van der Waals surface area (Å²) in [6.45, 7) is 7.28. The Morgan fingerprint density at radius 2 is 2.20 bits per heavy atom. The Morgan fingerprint density at radius 3 is 2.90 bits per heavy atom. The molecule has 2 fully saturated rings. The molecular weight excluding hydrogens is 250 g/mol. The average molecular weight is 275 g/mol. The second-order valence-corrected chi connectivity index (χ2v) is 6.95.